The summed E-state index contributed by atoms with van der Waals surface area (Å²) in [4.78, 5) is 0.566. The van der Waals surface area contributed by atoms with Crippen molar-refractivity contribution in [1.29, 1.82) is 5.26 Å². The Morgan fingerprint density at radius 1 is 1.71 bits per heavy atom. The molecule has 0 bridgehead atoms. The van der Waals surface area contributed by atoms with Gasteiger partial charge < -0.3 is 0 Å². The van der Waals surface area contributed by atoms with Crippen LogP contribution in [-0.4, -0.2) is 20.4 Å². The van der Waals surface area contributed by atoms with Gasteiger partial charge in [0.05, 0.1) is 11.1 Å². The largest absolute Gasteiger partial charge is 0.325 e. The summed E-state index contributed by atoms with van der Waals surface area (Å²) in [5.41, 5.74) is -0.0505. The molecule has 0 saturated carbocycles. The van der Waals surface area contributed by atoms with Crippen molar-refractivity contribution in [3.05, 3.63) is 22.4 Å². The van der Waals surface area contributed by atoms with E-state index in [1.165, 1.54) is 11.3 Å². The van der Waals surface area contributed by atoms with Gasteiger partial charge in [0.25, 0.3) is 0 Å². The molecule has 0 atom stereocenters. The van der Waals surface area contributed by atoms with Crippen LogP contribution < -0.4 is 0 Å². The maximum Gasteiger partial charge on any atom is 0.325 e. The zero-order valence-corrected chi connectivity index (χ0v) is 8.80. The summed E-state index contributed by atoms with van der Waals surface area (Å²) in [6, 6.07) is 5.13. The minimum absolute atomic E-state index is 0.0505. The minimum atomic E-state index is -3.65. The molecule has 0 unspecified atom stereocenters. The Morgan fingerprint density at radius 2 is 2.43 bits per heavy atom. The third kappa shape index (κ3) is 3.16. The molecule has 0 aliphatic heterocycles. The van der Waals surface area contributed by atoms with Crippen molar-refractivity contribution < 1.29 is 12.7 Å². The third-order valence-electron chi connectivity index (χ3n) is 1.12. The second-order valence-corrected chi connectivity index (χ2v) is 4.81. The number of nitrogens with zero attached hydrogens (tertiary/aromatic N) is 2. The molecular formula is C7H6N2O3S2. The number of rotatable bonds is 3. The SMILES string of the molecule is CS(=O)(=O)O/N=C(\C#N)c1cccs1. The Bertz CT molecular complexity index is 468. The van der Waals surface area contributed by atoms with Gasteiger partial charge in [0.1, 0.15) is 6.07 Å². The third-order valence-corrected chi connectivity index (χ3v) is 2.35. The fourth-order valence-corrected chi connectivity index (χ4v) is 1.50. The molecule has 0 aliphatic rings. The van der Waals surface area contributed by atoms with E-state index in [1.807, 2.05) is 0 Å². The van der Waals surface area contributed by atoms with Crippen molar-refractivity contribution in [2.75, 3.05) is 6.26 Å². The fourth-order valence-electron chi connectivity index (χ4n) is 0.639. The highest BCUT2D eigenvalue weighted by atomic mass is 32.2. The minimum Gasteiger partial charge on any atom is -0.267 e. The molecule has 0 radical (unpaired) electrons. The van der Waals surface area contributed by atoms with E-state index in [9.17, 15) is 8.42 Å². The molecule has 7 heteroatoms. The molecule has 0 fully saturated rings. The van der Waals surface area contributed by atoms with Gasteiger partial charge in [0.2, 0.25) is 0 Å². The van der Waals surface area contributed by atoms with E-state index in [-0.39, 0.29) is 5.71 Å². The number of nitriles is 1. The van der Waals surface area contributed by atoms with Gasteiger partial charge in [-0.05, 0) is 11.4 Å². The number of hydrogen-bond acceptors (Lipinski definition) is 6. The summed E-state index contributed by atoms with van der Waals surface area (Å²) in [6.45, 7) is 0. The molecule has 0 saturated heterocycles. The van der Waals surface area contributed by atoms with E-state index in [4.69, 9.17) is 5.26 Å². The van der Waals surface area contributed by atoms with Gasteiger partial charge in [-0.2, -0.15) is 13.7 Å². The molecule has 0 amide bonds. The zero-order chi connectivity index (χ0) is 10.6. The first-order valence-electron chi connectivity index (χ1n) is 3.43. The molecule has 0 spiro atoms. The highest BCUT2D eigenvalue weighted by Crippen LogP contribution is 2.10. The Kier molecular flexibility index (Phi) is 3.22. The molecule has 5 nitrogen and oxygen atoms in total. The number of hydrogen-bond donors (Lipinski definition) is 0. The molecule has 1 aromatic rings. The summed E-state index contributed by atoms with van der Waals surface area (Å²) in [6.07, 6.45) is 0.861. The first-order valence-corrected chi connectivity index (χ1v) is 6.13. The van der Waals surface area contributed by atoms with E-state index in [0.717, 1.165) is 6.26 Å². The fraction of sp³-hybridized carbons (Fsp3) is 0.143. The summed E-state index contributed by atoms with van der Waals surface area (Å²) in [5, 5.41) is 13.6. The van der Waals surface area contributed by atoms with Gasteiger partial charge >= 0.3 is 10.1 Å². The smallest absolute Gasteiger partial charge is 0.267 e. The lowest BCUT2D eigenvalue weighted by Crippen LogP contribution is -2.01. The molecule has 1 heterocycles. The van der Waals surface area contributed by atoms with Crippen molar-refractivity contribution in [3.8, 4) is 6.07 Å². The van der Waals surface area contributed by atoms with Crippen LogP contribution in [0, 0.1) is 11.3 Å². The van der Waals surface area contributed by atoms with Gasteiger partial charge in [-0.15, -0.1) is 11.3 Å². The predicted molar refractivity (Wildman–Crippen MR) is 52.4 cm³/mol. The molecule has 74 valence electrons. The summed E-state index contributed by atoms with van der Waals surface area (Å²) in [7, 11) is -3.65. The standard InChI is InChI=1S/C7H6N2O3S2/c1-14(10,11)12-9-6(5-8)7-3-2-4-13-7/h2-4H,1H3/b9-6+. The highest BCUT2D eigenvalue weighted by molar-refractivity contribution is 7.85. The topological polar surface area (TPSA) is 79.5 Å². The van der Waals surface area contributed by atoms with Crippen LogP contribution in [0.4, 0.5) is 0 Å². The lowest BCUT2D eigenvalue weighted by atomic mass is 10.3. The van der Waals surface area contributed by atoms with Gasteiger partial charge in [-0.25, -0.2) is 0 Å². The van der Waals surface area contributed by atoms with Gasteiger partial charge in [-0.3, -0.25) is 4.28 Å². The maximum absolute atomic E-state index is 10.6. The van der Waals surface area contributed by atoms with Crippen molar-refractivity contribution in [2.45, 2.75) is 0 Å². The van der Waals surface area contributed by atoms with Gasteiger partial charge in [-0.1, -0.05) is 11.2 Å². The van der Waals surface area contributed by atoms with E-state index >= 15 is 0 Å². The lowest BCUT2D eigenvalue weighted by Gasteiger charge is -1.93. The average molecular weight is 230 g/mol. The Balaban J connectivity index is 2.90. The van der Waals surface area contributed by atoms with Crippen LogP contribution in [0.5, 0.6) is 0 Å². The molecular weight excluding hydrogens is 224 g/mol. The quantitative estimate of drug-likeness (QED) is 0.572. The first kappa shape index (κ1) is 10.7. The van der Waals surface area contributed by atoms with Gasteiger partial charge in [0.15, 0.2) is 5.71 Å². The Labute approximate surface area is 85.4 Å². The Morgan fingerprint density at radius 3 is 2.86 bits per heavy atom. The molecule has 0 aromatic carbocycles. The number of oxime groups is 1. The van der Waals surface area contributed by atoms with E-state index in [0.29, 0.717) is 4.88 Å². The van der Waals surface area contributed by atoms with Crippen LogP contribution in [0.15, 0.2) is 22.7 Å². The predicted octanol–water partition coefficient (Wildman–Crippen LogP) is 0.952. The maximum atomic E-state index is 10.6. The van der Waals surface area contributed by atoms with E-state index < -0.39 is 10.1 Å². The van der Waals surface area contributed by atoms with Crippen molar-refractivity contribution in [2.24, 2.45) is 5.16 Å². The molecule has 1 aromatic heterocycles. The van der Waals surface area contributed by atoms with Crippen LogP contribution in [0.3, 0.4) is 0 Å². The van der Waals surface area contributed by atoms with Crippen LogP contribution in [0.2, 0.25) is 0 Å². The van der Waals surface area contributed by atoms with Gasteiger partial charge in [0, 0.05) is 0 Å². The number of thiophene rings is 1. The summed E-state index contributed by atoms with van der Waals surface area (Å²) >= 11 is 1.28. The van der Waals surface area contributed by atoms with Crippen LogP contribution in [-0.2, 0) is 14.4 Å². The van der Waals surface area contributed by atoms with Crippen LogP contribution in [0.1, 0.15) is 4.88 Å². The lowest BCUT2D eigenvalue weighted by molar-refractivity contribution is 0.344. The molecule has 14 heavy (non-hydrogen) atoms. The second kappa shape index (κ2) is 4.21. The van der Waals surface area contributed by atoms with Crippen LogP contribution >= 0.6 is 11.3 Å². The monoisotopic (exact) mass is 230 g/mol. The van der Waals surface area contributed by atoms with E-state index in [2.05, 4.69) is 9.44 Å². The molecule has 1 rings (SSSR count). The summed E-state index contributed by atoms with van der Waals surface area (Å²) in [5.74, 6) is 0. The van der Waals surface area contributed by atoms with Crippen molar-refractivity contribution in [1.82, 2.24) is 0 Å². The van der Waals surface area contributed by atoms with Crippen LogP contribution in [0.25, 0.3) is 0 Å². The van der Waals surface area contributed by atoms with E-state index in [1.54, 1.807) is 23.6 Å². The highest BCUT2D eigenvalue weighted by Gasteiger charge is 2.06. The Hall–Kier alpha value is -1.39. The first-order chi connectivity index (χ1) is 6.53. The normalized spacial score (nSPS) is 12.1. The zero-order valence-electron chi connectivity index (χ0n) is 7.17. The molecule has 0 N–H and O–H groups in total. The summed E-state index contributed by atoms with van der Waals surface area (Å²) < 4.78 is 25.3. The van der Waals surface area contributed by atoms with Crippen molar-refractivity contribution in [3.63, 3.8) is 0 Å². The molecule has 0 aliphatic carbocycles. The average Bonchev–Trinajstić information content (AvgIpc) is 2.56. The second-order valence-electron chi connectivity index (χ2n) is 2.31. The van der Waals surface area contributed by atoms with Crippen molar-refractivity contribution >= 4 is 27.2 Å².